The minimum Gasteiger partial charge on any atom is -0.478 e. The number of carbonyl (C=O) groups is 2. The van der Waals surface area contributed by atoms with Crippen LogP contribution in [0.2, 0.25) is 0 Å². The number of nitrogens with zero attached hydrogens (tertiary/aromatic N) is 1. The van der Waals surface area contributed by atoms with E-state index in [2.05, 4.69) is 11.3 Å². The van der Waals surface area contributed by atoms with Gasteiger partial charge in [-0.1, -0.05) is 13.5 Å². The Morgan fingerprint density at radius 1 is 1.53 bits per heavy atom. The molecule has 0 spiro atoms. The number of hydrogen-bond acceptors (Lipinski definition) is 4. The molecule has 0 radical (unpaired) electrons. The van der Waals surface area contributed by atoms with Crippen molar-refractivity contribution in [3.05, 3.63) is 12.7 Å². The molecule has 0 aliphatic carbocycles. The van der Waals surface area contributed by atoms with Crippen LogP contribution in [0.1, 0.15) is 13.3 Å². The van der Waals surface area contributed by atoms with Gasteiger partial charge in [-0.05, 0) is 20.5 Å². The lowest BCUT2D eigenvalue weighted by atomic mass is 10.2. The van der Waals surface area contributed by atoms with Gasteiger partial charge in [0.05, 0.1) is 7.11 Å². The van der Waals surface area contributed by atoms with Crippen molar-refractivity contribution in [3.63, 3.8) is 0 Å². The molecule has 0 amide bonds. The number of carbonyl (C=O) groups excluding carboxylic acids is 1. The van der Waals surface area contributed by atoms with E-state index in [0.29, 0.717) is 0 Å². The van der Waals surface area contributed by atoms with Crippen LogP contribution in [0.25, 0.3) is 0 Å². The predicted octanol–water partition coefficient (Wildman–Crippen LogP) is 0.757. The highest BCUT2D eigenvalue weighted by Gasteiger charge is 2.18. The molecule has 5 nitrogen and oxygen atoms in total. The molecule has 1 atom stereocenters. The fourth-order valence-electron chi connectivity index (χ4n) is 0.879. The average molecular weight is 217 g/mol. The number of likely N-dealkylation sites (N-methyl/N-ethyl adjacent to an activating group) is 1. The van der Waals surface area contributed by atoms with E-state index in [1.54, 1.807) is 0 Å². The van der Waals surface area contributed by atoms with E-state index in [9.17, 15) is 9.59 Å². The maximum Gasteiger partial charge on any atom is 0.327 e. The highest BCUT2D eigenvalue weighted by Crippen LogP contribution is 1.99. The van der Waals surface area contributed by atoms with E-state index >= 15 is 0 Å². The molecule has 0 fully saturated rings. The summed E-state index contributed by atoms with van der Waals surface area (Å²) in [7, 11) is 5.14. The smallest absolute Gasteiger partial charge is 0.327 e. The van der Waals surface area contributed by atoms with Gasteiger partial charge in [0.15, 0.2) is 0 Å². The summed E-state index contributed by atoms with van der Waals surface area (Å²) in [5.41, 5.74) is 0. The SMILES string of the molecule is C=CC(=O)O.CCC(C(=O)OC)N(C)C. The monoisotopic (exact) mass is 217 g/mol. The van der Waals surface area contributed by atoms with Gasteiger partial charge in [0.1, 0.15) is 6.04 Å². The Morgan fingerprint density at radius 3 is 2.00 bits per heavy atom. The molecule has 0 heterocycles. The van der Waals surface area contributed by atoms with Crippen molar-refractivity contribution in [3.8, 4) is 0 Å². The van der Waals surface area contributed by atoms with E-state index in [0.717, 1.165) is 12.5 Å². The fourth-order valence-corrected chi connectivity index (χ4v) is 0.879. The zero-order valence-corrected chi connectivity index (χ0v) is 9.69. The second-order valence-corrected chi connectivity index (χ2v) is 2.95. The van der Waals surface area contributed by atoms with Crippen LogP contribution in [0.5, 0.6) is 0 Å². The molecule has 0 rings (SSSR count). The van der Waals surface area contributed by atoms with Crippen LogP contribution in [0, 0.1) is 0 Å². The number of carboxylic acids is 1. The Balaban J connectivity index is 0. The summed E-state index contributed by atoms with van der Waals surface area (Å²) in [5, 5.41) is 7.60. The zero-order valence-electron chi connectivity index (χ0n) is 9.69. The third-order valence-corrected chi connectivity index (χ3v) is 1.66. The molecule has 0 saturated heterocycles. The fraction of sp³-hybridized carbons (Fsp3) is 0.600. The van der Waals surface area contributed by atoms with Crippen LogP contribution < -0.4 is 0 Å². The lowest BCUT2D eigenvalue weighted by molar-refractivity contribution is -0.146. The van der Waals surface area contributed by atoms with Crippen molar-refractivity contribution < 1.29 is 19.4 Å². The summed E-state index contributed by atoms with van der Waals surface area (Å²) in [4.78, 5) is 22.0. The Hall–Kier alpha value is -1.36. The van der Waals surface area contributed by atoms with Crippen LogP contribution in [0.3, 0.4) is 0 Å². The molecule has 5 heteroatoms. The predicted molar refractivity (Wildman–Crippen MR) is 57.6 cm³/mol. The first-order chi connectivity index (χ1) is 6.90. The number of hydrogen-bond donors (Lipinski definition) is 1. The first-order valence-electron chi connectivity index (χ1n) is 4.50. The summed E-state index contributed by atoms with van der Waals surface area (Å²) in [6, 6.07) is -0.0926. The van der Waals surface area contributed by atoms with Gasteiger partial charge in [-0.15, -0.1) is 0 Å². The molecule has 0 aliphatic rings. The third kappa shape index (κ3) is 8.96. The van der Waals surface area contributed by atoms with Gasteiger partial charge in [0, 0.05) is 6.08 Å². The van der Waals surface area contributed by atoms with Crippen molar-refractivity contribution in [1.82, 2.24) is 4.90 Å². The van der Waals surface area contributed by atoms with Gasteiger partial charge in [0.25, 0.3) is 0 Å². The number of esters is 1. The summed E-state index contributed by atoms with van der Waals surface area (Å²) >= 11 is 0. The van der Waals surface area contributed by atoms with Gasteiger partial charge in [-0.3, -0.25) is 9.69 Å². The van der Waals surface area contributed by atoms with Crippen molar-refractivity contribution >= 4 is 11.9 Å². The van der Waals surface area contributed by atoms with E-state index < -0.39 is 5.97 Å². The van der Waals surface area contributed by atoms with E-state index in [4.69, 9.17) is 5.11 Å². The van der Waals surface area contributed by atoms with Crippen LogP contribution in [0.15, 0.2) is 12.7 Å². The molecule has 0 aromatic rings. The summed E-state index contributed by atoms with van der Waals surface area (Å²) < 4.78 is 4.58. The molecule has 0 aliphatic heterocycles. The molecule has 0 saturated carbocycles. The number of ether oxygens (including phenoxy) is 1. The van der Waals surface area contributed by atoms with Crippen molar-refractivity contribution in [2.75, 3.05) is 21.2 Å². The quantitative estimate of drug-likeness (QED) is 0.556. The van der Waals surface area contributed by atoms with Gasteiger partial charge >= 0.3 is 11.9 Å². The van der Waals surface area contributed by atoms with Crippen molar-refractivity contribution in [2.45, 2.75) is 19.4 Å². The lowest BCUT2D eigenvalue weighted by Crippen LogP contribution is -2.35. The second kappa shape index (κ2) is 9.21. The number of rotatable bonds is 4. The topological polar surface area (TPSA) is 66.8 Å². The number of methoxy groups -OCH3 is 1. The first-order valence-corrected chi connectivity index (χ1v) is 4.50. The highest BCUT2D eigenvalue weighted by atomic mass is 16.5. The molecular formula is C10H19NO4. The molecule has 1 unspecified atom stereocenters. The summed E-state index contributed by atoms with van der Waals surface area (Å²) in [6.07, 6.45) is 1.62. The number of carboxylic acid groups (broad SMARTS) is 1. The Bertz CT molecular complexity index is 213. The molecule has 0 aromatic carbocycles. The summed E-state index contributed by atoms with van der Waals surface area (Å²) in [5.74, 6) is -1.14. The van der Waals surface area contributed by atoms with E-state index in [-0.39, 0.29) is 12.0 Å². The average Bonchev–Trinajstić information content (AvgIpc) is 2.18. The van der Waals surface area contributed by atoms with E-state index in [1.165, 1.54) is 7.11 Å². The van der Waals surface area contributed by atoms with E-state index in [1.807, 2.05) is 25.9 Å². The maximum absolute atomic E-state index is 10.9. The summed E-state index contributed by atoms with van der Waals surface area (Å²) in [6.45, 7) is 4.92. The molecular weight excluding hydrogens is 198 g/mol. The van der Waals surface area contributed by atoms with Gasteiger partial charge in [-0.2, -0.15) is 0 Å². The lowest BCUT2D eigenvalue weighted by Gasteiger charge is -2.19. The second-order valence-electron chi connectivity index (χ2n) is 2.95. The minimum atomic E-state index is -0.981. The van der Waals surface area contributed by atoms with Crippen molar-refractivity contribution in [2.24, 2.45) is 0 Å². The van der Waals surface area contributed by atoms with Gasteiger partial charge in [-0.25, -0.2) is 4.79 Å². The molecule has 88 valence electrons. The van der Waals surface area contributed by atoms with Crippen LogP contribution >= 0.6 is 0 Å². The number of aliphatic carboxylic acids is 1. The molecule has 0 bridgehead atoms. The molecule has 15 heavy (non-hydrogen) atoms. The molecule has 0 aromatic heterocycles. The van der Waals surface area contributed by atoms with Gasteiger partial charge in [0.2, 0.25) is 0 Å². The van der Waals surface area contributed by atoms with Gasteiger partial charge < -0.3 is 9.84 Å². The van der Waals surface area contributed by atoms with Crippen LogP contribution in [0.4, 0.5) is 0 Å². The zero-order chi connectivity index (χ0) is 12.4. The Labute approximate surface area is 90.3 Å². The third-order valence-electron chi connectivity index (χ3n) is 1.66. The highest BCUT2D eigenvalue weighted by molar-refractivity contribution is 5.78. The molecule has 1 N–H and O–H groups in total. The minimum absolute atomic E-state index is 0.0926. The Kier molecular flexibility index (Phi) is 9.87. The van der Waals surface area contributed by atoms with Crippen LogP contribution in [-0.2, 0) is 14.3 Å². The largest absolute Gasteiger partial charge is 0.478 e. The van der Waals surface area contributed by atoms with Crippen molar-refractivity contribution in [1.29, 1.82) is 0 Å². The normalized spacial score (nSPS) is 11.0. The Morgan fingerprint density at radius 2 is 1.93 bits per heavy atom. The first kappa shape index (κ1) is 16.1. The van der Waals surface area contributed by atoms with Crippen LogP contribution in [-0.4, -0.2) is 49.2 Å². The standard InChI is InChI=1S/C7H15NO2.C3H4O2/c1-5-6(8(2)3)7(9)10-4;1-2-3(4)5/h6H,5H2,1-4H3;2H,1H2,(H,4,5). The maximum atomic E-state index is 10.9.